The highest BCUT2D eigenvalue weighted by molar-refractivity contribution is 7.62. The SMILES string of the molecule is COc1ccc(OP(=O)(O[C@H]2C[C@@H](C)CC[C@@H]2C(C)C)c2c(C)cc(C)cc2C)cc1. The third-order valence-electron chi connectivity index (χ3n) is 6.43. The molecule has 1 unspecified atom stereocenters. The Hall–Kier alpha value is -1.77. The fraction of sp³-hybridized carbons (Fsp3) is 0.538. The molecule has 1 saturated carbocycles. The molecule has 2 aromatic rings. The van der Waals surface area contributed by atoms with Gasteiger partial charge in [0.05, 0.1) is 18.5 Å². The van der Waals surface area contributed by atoms with E-state index in [1.54, 1.807) is 19.2 Å². The Morgan fingerprint density at radius 2 is 1.55 bits per heavy atom. The molecular formula is C26H37O4P. The van der Waals surface area contributed by atoms with Crippen LogP contribution in [0.4, 0.5) is 0 Å². The zero-order chi connectivity index (χ0) is 22.8. The van der Waals surface area contributed by atoms with Gasteiger partial charge in [0.25, 0.3) is 0 Å². The van der Waals surface area contributed by atoms with Crippen LogP contribution in [0.15, 0.2) is 36.4 Å². The fourth-order valence-electron chi connectivity index (χ4n) is 4.91. The van der Waals surface area contributed by atoms with Crippen molar-refractivity contribution >= 4 is 12.9 Å². The summed E-state index contributed by atoms with van der Waals surface area (Å²) in [6.07, 6.45) is 3.10. The molecule has 0 bridgehead atoms. The Morgan fingerprint density at radius 1 is 0.968 bits per heavy atom. The van der Waals surface area contributed by atoms with Gasteiger partial charge in [-0.05, 0) is 86.8 Å². The Balaban J connectivity index is 2.04. The first-order valence-electron chi connectivity index (χ1n) is 11.3. The fourth-order valence-corrected chi connectivity index (χ4v) is 7.14. The molecule has 31 heavy (non-hydrogen) atoms. The standard InChI is InChI=1S/C26H37O4P/c1-17(2)24-13-8-18(3)16-25(24)30-31(27,26-20(5)14-19(4)15-21(26)6)29-23-11-9-22(28-7)10-12-23/h9-12,14-15,17-18,24-25H,8,13,16H2,1-7H3/t18-,24+,25-,31?/m0/s1. The molecule has 0 amide bonds. The molecule has 0 radical (unpaired) electrons. The van der Waals surface area contributed by atoms with Gasteiger partial charge in [-0.15, -0.1) is 0 Å². The predicted octanol–water partition coefficient (Wildman–Crippen LogP) is 7.00. The van der Waals surface area contributed by atoms with E-state index in [-0.39, 0.29) is 6.10 Å². The van der Waals surface area contributed by atoms with E-state index < -0.39 is 7.60 Å². The van der Waals surface area contributed by atoms with Gasteiger partial charge in [0.15, 0.2) is 0 Å². The van der Waals surface area contributed by atoms with Gasteiger partial charge in [-0.25, -0.2) is 4.57 Å². The van der Waals surface area contributed by atoms with Crippen LogP contribution in [0.2, 0.25) is 0 Å². The van der Waals surface area contributed by atoms with Crippen molar-refractivity contribution in [2.75, 3.05) is 7.11 Å². The van der Waals surface area contributed by atoms with Crippen molar-refractivity contribution in [3.8, 4) is 11.5 Å². The lowest BCUT2D eigenvalue weighted by molar-refractivity contribution is 0.0414. The quantitative estimate of drug-likeness (QED) is 0.432. The highest BCUT2D eigenvalue weighted by Crippen LogP contribution is 2.53. The predicted molar refractivity (Wildman–Crippen MR) is 128 cm³/mol. The lowest BCUT2D eigenvalue weighted by Gasteiger charge is -2.39. The van der Waals surface area contributed by atoms with Crippen LogP contribution in [-0.2, 0) is 9.09 Å². The minimum absolute atomic E-state index is 0.0899. The molecule has 0 aliphatic heterocycles. The molecule has 3 rings (SSSR count). The van der Waals surface area contributed by atoms with Crippen LogP contribution in [0.25, 0.3) is 0 Å². The van der Waals surface area contributed by atoms with Crippen molar-refractivity contribution in [1.82, 2.24) is 0 Å². The zero-order valence-electron chi connectivity index (χ0n) is 20.0. The van der Waals surface area contributed by atoms with E-state index in [9.17, 15) is 4.57 Å². The average Bonchev–Trinajstić information content (AvgIpc) is 2.67. The van der Waals surface area contributed by atoms with E-state index in [2.05, 4.69) is 39.8 Å². The Morgan fingerprint density at radius 3 is 2.10 bits per heavy atom. The molecule has 0 spiro atoms. The van der Waals surface area contributed by atoms with Crippen molar-refractivity contribution < 1.29 is 18.3 Å². The van der Waals surface area contributed by atoms with Crippen molar-refractivity contribution in [2.45, 2.75) is 66.9 Å². The van der Waals surface area contributed by atoms with Crippen molar-refractivity contribution in [1.29, 1.82) is 0 Å². The van der Waals surface area contributed by atoms with Gasteiger partial charge in [-0.2, -0.15) is 0 Å². The lowest BCUT2D eigenvalue weighted by atomic mass is 9.75. The number of hydrogen-bond donors (Lipinski definition) is 0. The van der Waals surface area contributed by atoms with Crippen molar-refractivity contribution in [3.05, 3.63) is 53.1 Å². The normalized spacial score (nSPS) is 23.4. The molecule has 170 valence electrons. The second-order valence-electron chi connectivity index (χ2n) is 9.48. The monoisotopic (exact) mass is 444 g/mol. The van der Waals surface area contributed by atoms with Crippen molar-refractivity contribution in [2.24, 2.45) is 17.8 Å². The largest absolute Gasteiger partial charge is 0.497 e. The number of benzene rings is 2. The topological polar surface area (TPSA) is 44.8 Å². The third kappa shape index (κ3) is 5.54. The second-order valence-corrected chi connectivity index (χ2v) is 11.3. The summed E-state index contributed by atoms with van der Waals surface area (Å²) in [7, 11) is -2.00. The highest BCUT2D eigenvalue weighted by atomic mass is 31.2. The van der Waals surface area contributed by atoms with Crippen LogP contribution in [0.5, 0.6) is 11.5 Å². The second kappa shape index (κ2) is 9.79. The zero-order valence-corrected chi connectivity index (χ0v) is 20.9. The number of methoxy groups -OCH3 is 1. The summed E-state index contributed by atoms with van der Waals surface area (Å²) in [5.41, 5.74) is 3.03. The van der Waals surface area contributed by atoms with Crippen LogP contribution in [0.1, 0.15) is 56.7 Å². The minimum atomic E-state index is -3.63. The van der Waals surface area contributed by atoms with E-state index in [0.717, 1.165) is 35.3 Å². The van der Waals surface area contributed by atoms with Gasteiger partial charge < -0.3 is 9.26 Å². The van der Waals surface area contributed by atoms with Gasteiger partial charge in [0, 0.05) is 0 Å². The maximum atomic E-state index is 14.6. The molecular weight excluding hydrogens is 407 g/mol. The maximum absolute atomic E-state index is 14.6. The van der Waals surface area contributed by atoms with Crippen LogP contribution < -0.4 is 14.6 Å². The first kappa shape index (κ1) is 23.9. The molecule has 1 aliphatic carbocycles. The number of hydrogen-bond acceptors (Lipinski definition) is 4. The van der Waals surface area contributed by atoms with Gasteiger partial charge in [-0.3, -0.25) is 4.52 Å². The summed E-state index contributed by atoms with van der Waals surface area (Å²) < 4.78 is 32.6. The molecule has 4 atom stereocenters. The molecule has 0 N–H and O–H groups in total. The first-order chi connectivity index (χ1) is 14.6. The average molecular weight is 445 g/mol. The van der Waals surface area contributed by atoms with E-state index in [0.29, 0.717) is 28.8 Å². The first-order valence-corrected chi connectivity index (χ1v) is 12.9. The molecule has 2 aromatic carbocycles. The van der Waals surface area contributed by atoms with E-state index in [4.69, 9.17) is 13.8 Å². The molecule has 5 heteroatoms. The summed E-state index contributed by atoms with van der Waals surface area (Å²) in [5, 5.41) is 0.689. The molecule has 0 saturated heterocycles. The Labute approximate surface area is 187 Å². The summed E-state index contributed by atoms with van der Waals surface area (Å²) >= 11 is 0. The highest BCUT2D eigenvalue weighted by Gasteiger charge is 2.41. The number of aryl methyl sites for hydroxylation is 3. The molecule has 1 fully saturated rings. The molecule has 0 aromatic heterocycles. The van der Waals surface area contributed by atoms with E-state index in [1.807, 2.05) is 26.0 Å². The van der Waals surface area contributed by atoms with Gasteiger partial charge in [-0.1, -0.05) is 44.9 Å². The number of ether oxygens (including phenoxy) is 1. The molecule has 0 heterocycles. The number of rotatable bonds is 7. The Kier molecular flexibility index (Phi) is 7.55. The van der Waals surface area contributed by atoms with Crippen LogP contribution in [0.3, 0.4) is 0 Å². The summed E-state index contributed by atoms with van der Waals surface area (Å²) in [5.74, 6) is 2.64. The summed E-state index contributed by atoms with van der Waals surface area (Å²) in [6, 6.07) is 11.3. The van der Waals surface area contributed by atoms with Crippen LogP contribution in [-0.4, -0.2) is 13.2 Å². The van der Waals surface area contributed by atoms with E-state index >= 15 is 0 Å². The minimum Gasteiger partial charge on any atom is -0.497 e. The smallest absolute Gasteiger partial charge is 0.411 e. The van der Waals surface area contributed by atoms with Gasteiger partial charge in [0.2, 0.25) is 0 Å². The van der Waals surface area contributed by atoms with E-state index in [1.165, 1.54) is 6.42 Å². The van der Waals surface area contributed by atoms with Crippen molar-refractivity contribution in [3.63, 3.8) is 0 Å². The van der Waals surface area contributed by atoms with Crippen LogP contribution >= 0.6 is 7.60 Å². The summed E-state index contributed by atoms with van der Waals surface area (Å²) in [6.45, 7) is 12.8. The summed E-state index contributed by atoms with van der Waals surface area (Å²) in [4.78, 5) is 0. The lowest BCUT2D eigenvalue weighted by Crippen LogP contribution is -2.35. The van der Waals surface area contributed by atoms with Gasteiger partial charge in [0.1, 0.15) is 11.5 Å². The maximum Gasteiger partial charge on any atom is 0.411 e. The molecule has 4 nitrogen and oxygen atoms in total. The Bertz CT molecular complexity index is 912. The third-order valence-corrected chi connectivity index (χ3v) is 8.68. The van der Waals surface area contributed by atoms with Crippen LogP contribution in [0, 0.1) is 38.5 Å². The van der Waals surface area contributed by atoms with Gasteiger partial charge >= 0.3 is 7.60 Å². The molecule has 1 aliphatic rings.